The smallest absolute Gasteiger partial charge is 0.250 e. The van der Waals surface area contributed by atoms with E-state index in [9.17, 15) is 0 Å². The van der Waals surface area contributed by atoms with Crippen LogP contribution in [-0.4, -0.2) is 29.1 Å². The van der Waals surface area contributed by atoms with Gasteiger partial charge >= 0.3 is 0 Å². The van der Waals surface area contributed by atoms with Gasteiger partial charge in [0.25, 0.3) is 16.6 Å². The molecule has 2 rings (SSSR count). The molecule has 0 radical (unpaired) electrons. The summed E-state index contributed by atoms with van der Waals surface area (Å²) < 4.78 is 13.0. The van der Waals surface area contributed by atoms with Crippen molar-refractivity contribution in [3.63, 3.8) is 0 Å². The Bertz CT molecular complexity index is 889. The number of hydrogen-bond donors (Lipinski definition) is 0. The molecule has 174 valence electrons. The van der Waals surface area contributed by atoms with Gasteiger partial charge in [0, 0.05) is 11.1 Å². The molecule has 0 atom stereocenters. The summed E-state index contributed by atoms with van der Waals surface area (Å²) in [5, 5.41) is 8.88. The summed E-state index contributed by atoms with van der Waals surface area (Å²) in [5.74, 6) is 1.72. The van der Waals surface area contributed by atoms with E-state index < -0.39 is 16.6 Å². The molecule has 0 saturated heterocycles. The molecule has 0 bridgehead atoms. The van der Waals surface area contributed by atoms with Crippen LogP contribution in [0.5, 0.6) is 11.5 Å². The van der Waals surface area contributed by atoms with Crippen molar-refractivity contribution in [1.82, 2.24) is 0 Å². The Morgan fingerprint density at radius 3 is 1.22 bits per heavy atom. The highest BCUT2D eigenvalue weighted by molar-refractivity contribution is 6.75. The van der Waals surface area contributed by atoms with Crippen molar-refractivity contribution in [1.29, 1.82) is 0 Å². The number of rotatable bonds is 7. The summed E-state index contributed by atoms with van der Waals surface area (Å²) in [5.41, 5.74) is 1.86. The van der Waals surface area contributed by atoms with Crippen molar-refractivity contribution in [2.45, 2.75) is 77.8 Å². The molecule has 0 N–H and O–H groups in total. The van der Waals surface area contributed by atoms with Crippen LogP contribution in [0.2, 0.25) is 36.3 Å². The second kappa shape index (κ2) is 9.75. The van der Waals surface area contributed by atoms with Gasteiger partial charge in [0.1, 0.15) is 11.5 Å². The lowest BCUT2D eigenvalue weighted by atomic mass is 10.2. The molecule has 0 spiro atoms. The van der Waals surface area contributed by atoms with E-state index in [1.54, 1.807) is 12.4 Å². The summed E-state index contributed by atoms with van der Waals surface area (Å²) in [6.07, 6.45) is 3.52. The lowest BCUT2D eigenvalue weighted by molar-refractivity contribution is 0.491. The van der Waals surface area contributed by atoms with E-state index in [0.717, 1.165) is 22.6 Å². The molecule has 0 aliphatic rings. The molecule has 0 saturated carbocycles. The molecule has 0 aliphatic carbocycles. The highest BCUT2D eigenvalue weighted by Crippen LogP contribution is 2.39. The predicted molar refractivity (Wildman–Crippen MR) is 144 cm³/mol. The average molecular weight is 469 g/mol. The summed E-state index contributed by atoms with van der Waals surface area (Å²) in [4.78, 5) is 0. The van der Waals surface area contributed by atoms with Crippen LogP contribution in [0.4, 0.5) is 0 Å². The minimum absolute atomic E-state index is 0.128. The first-order chi connectivity index (χ1) is 14.6. The second-order valence-corrected chi connectivity index (χ2v) is 20.7. The Morgan fingerprint density at radius 2 is 0.906 bits per heavy atom. The number of nitrogens with zero attached hydrogens (tertiary/aromatic N) is 2. The van der Waals surface area contributed by atoms with Gasteiger partial charge in [-0.1, -0.05) is 65.8 Å². The van der Waals surface area contributed by atoms with Gasteiger partial charge in [0.05, 0.1) is 12.4 Å². The first-order valence-electron chi connectivity index (χ1n) is 11.3. The quantitative estimate of drug-likeness (QED) is 0.235. The van der Waals surface area contributed by atoms with E-state index in [1.807, 2.05) is 48.5 Å². The number of benzene rings is 2. The summed E-state index contributed by atoms with van der Waals surface area (Å²) in [6.45, 7) is 22.4. The monoisotopic (exact) mass is 468 g/mol. The normalized spacial score (nSPS) is 13.7. The lowest BCUT2D eigenvalue weighted by Gasteiger charge is -2.36. The Morgan fingerprint density at radius 1 is 0.594 bits per heavy atom. The van der Waals surface area contributed by atoms with Gasteiger partial charge < -0.3 is 8.85 Å². The molecule has 0 aromatic heterocycles. The SMILES string of the molecule is CC(C)(C)[Si](C)(C)Oc1ccccc1C=NN=Cc1ccccc1O[Si](C)(C)C(C)(C)C. The molecule has 0 unspecified atom stereocenters. The Balaban J connectivity index is 2.21. The molecular formula is C26H40N2O2Si2. The molecule has 0 heterocycles. The van der Waals surface area contributed by atoms with Crippen LogP contribution >= 0.6 is 0 Å². The van der Waals surface area contributed by atoms with Gasteiger partial charge in [-0.05, 0) is 60.5 Å². The molecule has 6 heteroatoms. The predicted octanol–water partition coefficient (Wildman–Crippen LogP) is 7.91. The summed E-state index contributed by atoms with van der Waals surface area (Å²) in [7, 11) is -3.87. The first kappa shape index (κ1) is 26.1. The van der Waals surface area contributed by atoms with E-state index in [1.165, 1.54) is 0 Å². The topological polar surface area (TPSA) is 43.2 Å². The van der Waals surface area contributed by atoms with Crippen molar-refractivity contribution in [3.05, 3.63) is 59.7 Å². The maximum Gasteiger partial charge on any atom is 0.250 e. The second-order valence-electron chi connectivity index (χ2n) is 11.3. The van der Waals surface area contributed by atoms with Crippen molar-refractivity contribution in [3.8, 4) is 11.5 Å². The van der Waals surface area contributed by atoms with E-state index >= 15 is 0 Å². The van der Waals surface area contributed by atoms with E-state index in [4.69, 9.17) is 8.85 Å². The fourth-order valence-corrected chi connectivity index (χ4v) is 4.49. The first-order valence-corrected chi connectivity index (χ1v) is 17.1. The van der Waals surface area contributed by atoms with Gasteiger partial charge in [0.15, 0.2) is 0 Å². The van der Waals surface area contributed by atoms with E-state index in [0.29, 0.717) is 0 Å². The number of para-hydroxylation sites is 2. The third-order valence-electron chi connectivity index (χ3n) is 6.64. The lowest BCUT2D eigenvalue weighted by Crippen LogP contribution is -2.44. The zero-order chi connectivity index (χ0) is 24.2. The van der Waals surface area contributed by atoms with Gasteiger partial charge in [-0.15, -0.1) is 0 Å². The molecular weight excluding hydrogens is 428 g/mol. The largest absolute Gasteiger partial charge is 0.543 e. The van der Waals surface area contributed by atoms with E-state index in [-0.39, 0.29) is 10.1 Å². The minimum Gasteiger partial charge on any atom is -0.543 e. The number of hydrogen-bond acceptors (Lipinski definition) is 4. The standard InChI is InChI=1S/C26H40N2O2Si2/c1-25(2,3)31(7,8)29-23-17-13-11-15-21(23)19-27-28-20-22-16-12-14-18-24(22)30-32(9,10)26(4,5)6/h11-20H,1-10H3. The van der Waals surface area contributed by atoms with Crippen LogP contribution in [0.15, 0.2) is 58.7 Å². The average Bonchev–Trinajstić information content (AvgIpc) is 2.65. The Hall–Kier alpha value is -2.19. The fraction of sp³-hybridized carbons (Fsp3) is 0.462. The highest BCUT2D eigenvalue weighted by Gasteiger charge is 2.40. The van der Waals surface area contributed by atoms with Crippen LogP contribution < -0.4 is 8.85 Å². The van der Waals surface area contributed by atoms with Gasteiger partial charge in [-0.3, -0.25) is 0 Å². The van der Waals surface area contributed by atoms with Crippen LogP contribution in [0.3, 0.4) is 0 Å². The van der Waals surface area contributed by atoms with Crippen LogP contribution in [0.1, 0.15) is 52.7 Å². The molecule has 0 amide bonds. The van der Waals surface area contributed by atoms with Gasteiger partial charge in [-0.2, -0.15) is 10.2 Å². The molecule has 32 heavy (non-hydrogen) atoms. The van der Waals surface area contributed by atoms with Crippen LogP contribution in [0, 0.1) is 0 Å². The zero-order valence-electron chi connectivity index (χ0n) is 21.5. The molecule has 2 aromatic rings. The third kappa shape index (κ3) is 6.66. The van der Waals surface area contributed by atoms with Crippen molar-refractivity contribution < 1.29 is 8.85 Å². The molecule has 0 fully saturated rings. The minimum atomic E-state index is -1.94. The van der Waals surface area contributed by atoms with Crippen LogP contribution in [0.25, 0.3) is 0 Å². The fourth-order valence-electron chi connectivity index (χ4n) is 2.41. The zero-order valence-corrected chi connectivity index (χ0v) is 23.5. The van der Waals surface area contributed by atoms with E-state index in [2.05, 4.69) is 77.9 Å². The molecule has 4 nitrogen and oxygen atoms in total. The van der Waals surface area contributed by atoms with Crippen molar-refractivity contribution >= 4 is 29.1 Å². The molecule has 2 aromatic carbocycles. The van der Waals surface area contributed by atoms with Crippen molar-refractivity contribution in [2.24, 2.45) is 10.2 Å². The highest BCUT2D eigenvalue weighted by atomic mass is 28.4. The van der Waals surface area contributed by atoms with Gasteiger partial charge in [-0.25, -0.2) is 0 Å². The third-order valence-corrected chi connectivity index (χ3v) is 15.3. The Kier molecular flexibility index (Phi) is 7.94. The van der Waals surface area contributed by atoms with Gasteiger partial charge in [0.2, 0.25) is 0 Å². The Labute approximate surface area is 197 Å². The summed E-state index contributed by atoms with van der Waals surface area (Å²) >= 11 is 0. The maximum absolute atomic E-state index is 6.50. The maximum atomic E-state index is 6.50. The van der Waals surface area contributed by atoms with Crippen molar-refractivity contribution in [2.75, 3.05) is 0 Å². The molecule has 0 aliphatic heterocycles. The van der Waals surface area contributed by atoms with Crippen LogP contribution in [-0.2, 0) is 0 Å². The summed E-state index contributed by atoms with van der Waals surface area (Å²) in [6, 6.07) is 16.0.